The Morgan fingerprint density at radius 3 is 2.85 bits per heavy atom. The van der Waals surface area contributed by atoms with Gasteiger partial charge in [0, 0.05) is 13.1 Å². The summed E-state index contributed by atoms with van der Waals surface area (Å²) in [5, 5.41) is 9.98. The average molecular weight is 372 g/mol. The van der Waals surface area contributed by atoms with E-state index in [4.69, 9.17) is 4.74 Å². The highest BCUT2D eigenvalue weighted by Crippen LogP contribution is 2.21. The van der Waals surface area contributed by atoms with Crippen LogP contribution in [-0.4, -0.2) is 24.9 Å². The van der Waals surface area contributed by atoms with Crippen molar-refractivity contribution in [3.63, 3.8) is 0 Å². The Morgan fingerprint density at radius 1 is 1.31 bits per heavy atom. The summed E-state index contributed by atoms with van der Waals surface area (Å²) in [6.45, 7) is 1.33. The number of aryl methyl sites for hydroxylation is 1. The first kappa shape index (κ1) is 16.4. The normalized spacial score (nSPS) is 11.3. The zero-order chi connectivity index (χ0) is 18.4. The lowest BCUT2D eigenvalue weighted by molar-refractivity contribution is 0.101. The lowest BCUT2D eigenvalue weighted by Crippen LogP contribution is -2.19. The Balaban J connectivity index is 1.72. The molecule has 0 amide bonds. The van der Waals surface area contributed by atoms with Crippen LogP contribution in [0.1, 0.15) is 23.1 Å². The van der Waals surface area contributed by atoms with Crippen molar-refractivity contribution in [2.45, 2.75) is 13.5 Å². The number of carbonyl (C=O) groups excluding carboxylic acids is 1. The first-order valence-corrected chi connectivity index (χ1v) is 8.59. The second-order valence-electron chi connectivity index (χ2n) is 5.74. The van der Waals surface area contributed by atoms with Gasteiger partial charge in [0.1, 0.15) is 22.9 Å². The van der Waals surface area contributed by atoms with Gasteiger partial charge in [-0.05, 0) is 30.5 Å². The average Bonchev–Trinajstić information content (AvgIpc) is 3.24. The molecule has 0 spiro atoms. The lowest BCUT2D eigenvalue weighted by Gasteiger charge is -2.08. The fourth-order valence-electron chi connectivity index (χ4n) is 2.77. The number of aromatic nitrogens is 4. The van der Waals surface area contributed by atoms with E-state index in [-0.39, 0.29) is 29.3 Å². The van der Waals surface area contributed by atoms with Crippen molar-refractivity contribution < 1.29 is 13.9 Å². The molecule has 26 heavy (non-hydrogen) atoms. The number of nitrogens with zero attached hydrogens (tertiary/aromatic N) is 4. The third kappa shape index (κ3) is 2.48. The minimum absolute atomic E-state index is 0.0141. The predicted octanol–water partition coefficient (Wildman–Crippen LogP) is 2.56. The number of carbonyl (C=O) groups is 1. The van der Waals surface area contributed by atoms with Gasteiger partial charge in [-0.3, -0.25) is 18.6 Å². The molecule has 9 heteroatoms. The highest BCUT2D eigenvalue weighted by molar-refractivity contribution is 7.17. The molecular formula is C17H13FN4O3S. The third-order valence-corrected chi connectivity index (χ3v) is 4.98. The topological polar surface area (TPSA) is 78.5 Å². The molecule has 7 nitrogen and oxygen atoms in total. The quantitative estimate of drug-likeness (QED) is 0.515. The molecule has 0 atom stereocenters. The fourth-order valence-corrected chi connectivity index (χ4v) is 3.62. The molecule has 0 saturated carbocycles. The van der Waals surface area contributed by atoms with Crippen LogP contribution in [0.5, 0.6) is 5.75 Å². The number of Topliss-reactive ketones (excluding diaryl/α,β-unsaturated/α-hetero) is 1. The molecule has 0 saturated heterocycles. The Bertz CT molecular complexity index is 1220. The summed E-state index contributed by atoms with van der Waals surface area (Å²) in [4.78, 5) is 23.6. The lowest BCUT2D eigenvalue weighted by atomic mass is 10.1. The summed E-state index contributed by atoms with van der Waals surface area (Å²) in [5.41, 5.74) is 0.583. The van der Waals surface area contributed by atoms with Crippen molar-refractivity contribution >= 4 is 33.1 Å². The van der Waals surface area contributed by atoms with Gasteiger partial charge in [-0.1, -0.05) is 0 Å². The van der Waals surface area contributed by atoms with Gasteiger partial charge >= 0.3 is 0 Å². The molecule has 1 aromatic carbocycles. The van der Waals surface area contributed by atoms with E-state index in [0.29, 0.717) is 21.8 Å². The zero-order valence-electron chi connectivity index (χ0n) is 13.9. The summed E-state index contributed by atoms with van der Waals surface area (Å²) in [5.74, 6) is 0.172. The van der Waals surface area contributed by atoms with E-state index in [2.05, 4.69) is 10.2 Å². The van der Waals surface area contributed by atoms with Gasteiger partial charge in [-0.2, -0.15) is 0 Å². The van der Waals surface area contributed by atoms with E-state index in [0.717, 1.165) is 6.07 Å². The molecule has 0 unspecified atom stereocenters. The van der Waals surface area contributed by atoms with Crippen LogP contribution in [0.15, 0.2) is 34.4 Å². The van der Waals surface area contributed by atoms with Crippen molar-refractivity contribution in [1.29, 1.82) is 0 Å². The number of fused-ring (bicyclic) bond motifs is 3. The molecule has 0 aliphatic rings. The van der Waals surface area contributed by atoms with E-state index >= 15 is 0 Å². The summed E-state index contributed by atoms with van der Waals surface area (Å²) in [6, 6.07) is 5.90. The highest BCUT2D eigenvalue weighted by Gasteiger charge is 2.16. The Hall–Kier alpha value is -3.07. The molecule has 4 rings (SSSR count). The smallest absolute Gasteiger partial charge is 0.272 e. The zero-order valence-corrected chi connectivity index (χ0v) is 14.7. The van der Waals surface area contributed by atoms with E-state index in [9.17, 15) is 14.0 Å². The van der Waals surface area contributed by atoms with Crippen LogP contribution in [0, 0.1) is 5.82 Å². The van der Waals surface area contributed by atoms with Crippen molar-refractivity contribution in [3.8, 4) is 5.75 Å². The van der Waals surface area contributed by atoms with Crippen LogP contribution in [0.3, 0.4) is 0 Å². The van der Waals surface area contributed by atoms with E-state index in [1.54, 1.807) is 11.4 Å². The second kappa shape index (κ2) is 6.03. The third-order valence-electron chi connectivity index (χ3n) is 4.08. The number of halogens is 1. The second-order valence-corrected chi connectivity index (χ2v) is 6.65. The minimum Gasteiger partial charge on any atom is -0.485 e. The Kier molecular flexibility index (Phi) is 3.80. The van der Waals surface area contributed by atoms with Crippen molar-refractivity contribution in [3.05, 3.63) is 57.2 Å². The molecule has 0 aliphatic carbocycles. The van der Waals surface area contributed by atoms with Gasteiger partial charge in [0.25, 0.3) is 5.56 Å². The maximum atomic E-state index is 13.9. The van der Waals surface area contributed by atoms with Gasteiger partial charge in [-0.25, -0.2) is 4.39 Å². The van der Waals surface area contributed by atoms with E-state index < -0.39 is 5.82 Å². The molecule has 4 aromatic rings. The summed E-state index contributed by atoms with van der Waals surface area (Å²) in [6.07, 6.45) is 0. The van der Waals surface area contributed by atoms with E-state index in [1.165, 1.54) is 35.0 Å². The van der Waals surface area contributed by atoms with Crippen LogP contribution in [0.2, 0.25) is 0 Å². The van der Waals surface area contributed by atoms with Crippen molar-refractivity contribution in [2.24, 2.45) is 7.05 Å². The van der Waals surface area contributed by atoms with Gasteiger partial charge in [-0.15, -0.1) is 21.5 Å². The molecule has 3 aromatic heterocycles. The Morgan fingerprint density at radius 2 is 2.12 bits per heavy atom. The number of hydrogen-bond acceptors (Lipinski definition) is 6. The molecule has 0 aliphatic heterocycles. The van der Waals surface area contributed by atoms with Gasteiger partial charge in [0.05, 0.1) is 11.1 Å². The molecule has 0 radical (unpaired) electrons. The molecule has 0 N–H and O–H groups in total. The SMILES string of the molecule is CC(=O)c1ccc(OCc2nnc3n(C)c(=O)c4sccc4n23)cc1F. The number of benzene rings is 1. The maximum absolute atomic E-state index is 13.9. The Labute approximate surface area is 150 Å². The number of ether oxygens (including phenoxy) is 1. The van der Waals surface area contributed by atoms with Crippen molar-refractivity contribution in [1.82, 2.24) is 19.2 Å². The molecule has 0 fully saturated rings. The van der Waals surface area contributed by atoms with Gasteiger partial charge < -0.3 is 4.74 Å². The molecule has 3 heterocycles. The highest BCUT2D eigenvalue weighted by atomic mass is 32.1. The van der Waals surface area contributed by atoms with Crippen LogP contribution in [0.4, 0.5) is 4.39 Å². The number of thiophene rings is 1. The summed E-state index contributed by atoms with van der Waals surface area (Å²) < 4.78 is 23.3. The number of rotatable bonds is 4. The number of ketones is 1. The van der Waals surface area contributed by atoms with E-state index in [1.807, 2.05) is 11.4 Å². The summed E-state index contributed by atoms with van der Waals surface area (Å²) in [7, 11) is 1.63. The molecule has 132 valence electrons. The van der Waals surface area contributed by atoms with Gasteiger partial charge in [0.15, 0.2) is 11.6 Å². The predicted molar refractivity (Wildman–Crippen MR) is 94.3 cm³/mol. The fraction of sp³-hybridized carbons (Fsp3) is 0.176. The van der Waals surface area contributed by atoms with Crippen molar-refractivity contribution in [2.75, 3.05) is 0 Å². The van der Waals surface area contributed by atoms with Crippen LogP contribution >= 0.6 is 11.3 Å². The van der Waals surface area contributed by atoms with Crippen LogP contribution in [0.25, 0.3) is 16.0 Å². The van der Waals surface area contributed by atoms with Crippen LogP contribution in [-0.2, 0) is 13.7 Å². The number of hydrogen-bond donors (Lipinski definition) is 0. The summed E-state index contributed by atoms with van der Waals surface area (Å²) >= 11 is 1.34. The monoisotopic (exact) mass is 372 g/mol. The largest absolute Gasteiger partial charge is 0.485 e. The van der Waals surface area contributed by atoms with Gasteiger partial charge in [0.2, 0.25) is 5.78 Å². The van der Waals surface area contributed by atoms with Crippen LogP contribution < -0.4 is 10.3 Å². The first-order chi connectivity index (χ1) is 12.5. The molecule has 0 bridgehead atoms. The first-order valence-electron chi connectivity index (χ1n) is 7.71. The molecular weight excluding hydrogens is 359 g/mol. The minimum atomic E-state index is -0.635. The standard InChI is InChI=1S/C17H13FN4O3S/c1-9(23)11-4-3-10(7-12(11)18)25-8-14-19-20-17-21(2)16(24)15-13(22(14)17)5-6-26-15/h3-7H,8H2,1-2H3. The maximum Gasteiger partial charge on any atom is 0.272 e.